The molecule has 0 aliphatic carbocycles. The van der Waals surface area contributed by atoms with Gasteiger partial charge in [-0.05, 0) is 25.0 Å². The van der Waals surface area contributed by atoms with Gasteiger partial charge in [0.05, 0.1) is 19.3 Å². The van der Waals surface area contributed by atoms with E-state index >= 15 is 0 Å². The minimum absolute atomic E-state index is 0.0512. The average Bonchev–Trinajstić information content (AvgIpc) is 2.57. The molecular formula is C17H26ClN3O2. The van der Waals surface area contributed by atoms with Crippen molar-refractivity contribution in [2.45, 2.75) is 32.4 Å². The molecule has 1 aliphatic heterocycles. The van der Waals surface area contributed by atoms with Crippen molar-refractivity contribution < 1.29 is 9.53 Å². The molecule has 1 fully saturated rings. The fourth-order valence-corrected chi connectivity index (χ4v) is 2.90. The van der Waals surface area contributed by atoms with E-state index in [-0.39, 0.29) is 18.1 Å². The Bertz CT molecular complexity index is 506. The number of carbonyl (C=O) groups excluding carboxylic acids is 1. The van der Waals surface area contributed by atoms with Crippen molar-refractivity contribution >= 4 is 17.6 Å². The highest BCUT2D eigenvalue weighted by Crippen LogP contribution is 2.27. The van der Waals surface area contributed by atoms with Crippen LogP contribution in [-0.4, -0.2) is 49.8 Å². The summed E-state index contributed by atoms with van der Waals surface area (Å²) in [7, 11) is 0. The maximum absolute atomic E-state index is 12.0. The summed E-state index contributed by atoms with van der Waals surface area (Å²) >= 11 is 6.37. The second-order valence-electron chi connectivity index (χ2n) is 5.85. The van der Waals surface area contributed by atoms with Crippen LogP contribution in [0.5, 0.6) is 0 Å². The van der Waals surface area contributed by atoms with Crippen molar-refractivity contribution in [1.29, 1.82) is 0 Å². The molecule has 1 heterocycles. The molecule has 5 nitrogen and oxygen atoms in total. The van der Waals surface area contributed by atoms with Gasteiger partial charge in [0.1, 0.15) is 0 Å². The van der Waals surface area contributed by atoms with Crippen LogP contribution in [0.1, 0.15) is 31.9 Å². The van der Waals surface area contributed by atoms with Gasteiger partial charge in [-0.3, -0.25) is 4.90 Å². The number of rotatable bonds is 6. The van der Waals surface area contributed by atoms with Crippen LogP contribution in [0, 0.1) is 0 Å². The van der Waals surface area contributed by atoms with E-state index in [0.717, 1.165) is 30.1 Å². The number of benzene rings is 1. The van der Waals surface area contributed by atoms with E-state index in [0.29, 0.717) is 19.8 Å². The Hall–Kier alpha value is -1.30. The van der Waals surface area contributed by atoms with Gasteiger partial charge >= 0.3 is 6.03 Å². The van der Waals surface area contributed by atoms with E-state index in [9.17, 15) is 4.79 Å². The summed E-state index contributed by atoms with van der Waals surface area (Å²) in [5, 5.41) is 6.64. The van der Waals surface area contributed by atoms with Crippen molar-refractivity contribution in [3.05, 3.63) is 34.9 Å². The smallest absolute Gasteiger partial charge is 0.315 e. The van der Waals surface area contributed by atoms with E-state index in [1.807, 2.05) is 38.1 Å². The number of amides is 2. The third-order valence-corrected chi connectivity index (χ3v) is 4.54. The first kappa shape index (κ1) is 18.0. The molecular weight excluding hydrogens is 314 g/mol. The fraction of sp³-hybridized carbons (Fsp3) is 0.588. The lowest BCUT2D eigenvalue weighted by Crippen LogP contribution is -2.47. The van der Waals surface area contributed by atoms with E-state index in [1.54, 1.807) is 0 Å². The van der Waals surface area contributed by atoms with Crippen molar-refractivity contribution in [3.8, 4) is 0 Å². The van der Waals surface area contributed by atoms with Crippen LogP contribution in [0.4, 0.5) is 4.79 Å². The summed E-state index contributed by atoms with van der Waals surface area (Å²) < 4.78 is 5.43. The summed E-state index contributed by atoms with van der Waals surface area (Å²) in [5.74, 6) is 0. The molecule has 0 bridgehead atoms. The SMILES string of the molecule is CCC(C)NC(=O)NCC(c1ccccc1Cl)N1CCOCC1. The standard InChI is InChI=1S/C17H26ClN3O2/c1-3-13(2)20-17(22)19-12-16(21-8-10-23-11-9-21)14-6-4-5-7-15(14)18/h4-7,13,16H,3,8-12H2,1-2H3,(H2,19,20,22). The van der Waals surface area contributed by atoms with Crippen LogP contribution in [0.3, 0.4) is 0 Å². The molecule has 128 valence electrons. The van der Waals surface area contributed by atoms with Crippen molar-refractivity contribution in [2.75, 3.05) is 32.8 Å². The molecule has 0 aromatic heterocycles. The Kier molecular flexibility index (Phi) is 7.15. The highest BCUT2D eigenvalue weighted by molar-refractivity contribution is 6.31. The van der Waals surface area contributed by atoms with Gasteiger partial charge < -0.3 is 15.4 Å². The largest absolute Gasteiger partial charge is 0.379 e. The summed E-state index contributed by atoms with van der Waals surface area (Å²) in [5.41, 5.74) is 1.04. The third kappa shape index (κ3) is 5.37. The minimum atomic E-state index is -0.135. The molecule has 23 heavy (non-hydrogen) atoms. The zero-order valence-electron chi connectivity index (χ0n) is 13.8. The van der Waals surface area contributed by atoms with E-state index in [4.69, 9.17) is 16.3 Å². The number of hydrogen-bond acceptors (Lipinski definition) is 3. The Morgan fingerprint density at radius 2 is 2.04 bits per heavy atom. The summed E-state index contributed by atoms with van der Waals surface area (Å²) in [6.45, 7) is 7.65. The molecule has 6 heteroatoms. The van der Waals surface area contributed by atoms with Gasteiger partial charge in [-0.25, -0.2) is 4.79 Å². The second-order valence-corrected chi connectivity index (χ2v) is 6.26. The van der Waals surface area contributed by atoms with Crippen molar-refractivity contribution in [2.24, 2.45) is 0 Å². The van der Waals surface area contributed by atoms with Crippen LogP contribution in [-0.2, 0) is 4.74 Å². The zero-order chi connectivity index (χ0) is 16.7. The number of ether oxygens (including phenoxy) is 1. The van der Waals surface area contributed by atoms with Crippen LogP contribution < -0.4 is 10.6 Å². The molecule has 0 radical (unpaired) electrons. The first-order chi connectivity index (χ1) is 11.1. The summed E-state index contributed by atoms with van der Waals surface area (Å²) in [6.07, 6.45) is 0.908. The average molecular weight is 340 g/mol. The molecule has 1 aromatic carbocycles. The van der Waals surface area contributed by atoms with Crippen molar-refractivity contribution in [3.63, 3.8) is 0 Å². The van der Waals surface area contributed by atoms with E-state index in [2.05, 4.69) is 15.5 Å². The second kappa shape index (κ2) is 9.11. The third-order valence-electron chi connectivity index (χ3n) is 4.20. The molecule has 1 aromatic rings. The van der Waals surface area contributed by atoms with Gasteiger partial charge in [0.25, 0.3) is 0 Å². The van der Waals surface area contributed by atoms with Crippen molar-refractivity contribution in [1.82, 2.24) is 15.5 Å². The predicted octanol–water partition coefficient (Wildman–Crippen LogP) is 2.81. The Balaban J connectivity index is 2.05. The first-order valence-electron chi connectivity index (χ1n) is 8.22. The van der Waals surface area contributed by atoms with Crippen LogP contribution in [0.15, 0.2) is 24.3 Å². The molecule has 2 rings (SSSR count). The van der Waals surface area contributed by atoms with E-state index < -0.39 is 0 Å². The number of carbonyl (C=O) groups is 1. The van der Waals surface area contributed by atoms with Gasteiger partial charge in [-0.15, -0.1) is 0 Å². The predicted molar refractivity (Wildman–Crippen MR) is 92.9 cm³/mol. The summed E-state index contributed by atoms with van der Waals surface area (Å²) in [6, 6.07) is 7.90. The fourth-order valence-electron chi connectivity index (χ4n) is 2.64. The van der Waals surface area contributed by atoms with Gasteiger partial charge in [-0.2, -0.15) is 0 Å². The highest BCUT2D eigenvalue weighted by Gasteiger charge is 2.24. The quantitative estimate of drug-likeness (QED) is 0.838. The summed E-state index contributed by atoms with van der Waals surface area (Å²) in [4.78, 5) is 14.3. The topological polar surface area (TPSA) is 53.6 Å². The molecule has 2 N–H and O–H groups in total. The van der Waals surface area contributed by atoms with Gasteiger partial charge in [-0.1, -0.05) is 36.7 Å². The number of hydrogen-bond donors (Lipinski definition) is 2. The minimum Gasteiger partial charge on any atom is -0.379 e. The molecule has 2 atom stereocenters. The zero-order valence-corrected chi connectivity index (χ0v) is 14.6. The number of nitrogens with one attached hydrogen (secondary N) is 2. The number of halogens is 1. The Labute approximate surface area is 143 Å². The van der Waals surface area contributed by atoms with Gasteiger partial charge in [0, 0.05) is 30.7 Å². The number of morpholine rings is 1. The molecule has 2 amide bonds. The molecule has 0 saturated carbocycles. The lowest BCUT2D eigenvalue weighted by atomic mass is 10.0. The van der Waals surface area contributed by atoms with Gasteiger partial charge in [0.15, 0.2) is 0 Å². The maximum atomic E-state index is 12.0. The molecule has 1 saturated heterocycles. The monoisotopic (exact) mass is 339 g/mol. The normalized spacial score (nSPS) is 18.2. The van der Waals surface area contributed by atoms with Gasteiger partial charge in [0.2, 0.25) is 0 Å². The molecule has 1 aliphatic rings. The number of nitrogens with zero attached hydrogens (tertiary/aromatic N) is 1. The lowest BCUT2D eigenvalue weighted by Gasteiger charge is -2.35. The van der Waals surface area contributed by atoms with Crippen LogP contribution in [0.2, 0.25) is 5.02 Å². The Morgan fingerprint density at radius 3 is 2.70 bits per heavy atom. The molecule has 2 unspecified atom stereocenters. The highest BCUT2D eigenvalue weighted by atomic mass is 35.5. The maximum Gasteiger partial charge on any atom is 0.315 e. The molecule has 0 spiro atoms. The number of urea groups is 1. The van der Waals surface area contributed by atoms with E-state index in [1.165, 1.54) is 0 Å². The first-order valence-corrected chi connectivity index (χ1v) is 8.60. The van der Waals surface area contributed by atoms with Crippen LogP contribution >= 0.6 is 11.6 Å². The lowest BCUT2D eigenvalue weighted by molar-refractivity contribution is 0.0167. The van der Waals surface area contributed by atoms with Crippen LogP contribution in [0.25, 0.3) is 0 Å². The Morgan fingerprint density at radius 1 is 1.35 bits per heavy atom.